The van der Waals surface area contributed by atoms with Gasteiger partial charge in [0.15, 0.2) is 5.78 Å². The number of pyridine rings is 1. The maximum absolute atomic E-state index is 12.1. The number of ketones is 1. The third-order valence-corrected chi connectivity index (χ3v) is 3.39. The number of carbonyl (C=O) groups excluding carboxylic acids is 1. The lowest BCUT2D eigenvalue weighted by Gasteiger charge is -2.09. The minimum absolute atomic E-state index is 0.297. The van der Waals surface area contributed by atoms with Crippen molar-refractivity contribution in [2.24, 2.45) is 0 Å². The number of aromatic nitrogens is 1. The molecule has 0 aliphatic carbocycles. The molecule has 0 bridgehead atoms. The molecule has 4 heteroatoms. The summed E-state index contributed by atoms with van der Waals surface area (Å²) >= 11 is 1.61. The molecule has 1 N–H and O–H groups in total. The summed E-state index contributed by atoms with van der Waals surface area (Å²) in [6, 6.07) is 10.5. The highest BCUT2D eigenvalue weighted by Gasteiger charge is 2.18. The van der Waals surface area contributed by atoms with E-state index in [1.807, 2.05) is 18.4 Å². The van der Waals surface area contributed by atoms with Crippen LogP contribution in [0.1, 0.15) is 22.0 Å². The lowest BCUT2D eigenvalue weighted by Crippen LogP contribution is -2.12. The Hall–Kier alpha value is -1.65. The Bertz CT molecular complexity index is 525. The first kappa shape index (κ1) is 12.8. The molecule has 2 rings (SSSR count). The number of carbonyl (C=O) groups is 1. The summed E-state index contributed by atoms with van der Waals surface area (Å²) in [5, 5.41) is 9.99. The number of Topliss-reactive ketones (excluding diaryl/α,β-unsaturated/α-hetero) is 1. The van der Waals surface area contributed by atoms with E-state index < -0.39 is 6.10 Å². The van der Waals surface area contributed by atoms with E-state index in [0.29, 0.717) is 11.1 Å². The molecule has 1 aromatic carbocycles. The summed E-state index contributed by atoms with van der Waals surface area (Å²) in [5.41, 5.74) is 1.07. The van der Waals surface area contributed by atoms with Gasteiger partial charge < -0.3 is 5.11 Å². The summed E-state index contributed by atoms with van der Waals surface area (Å²) < 4.78 is 0. The quantitative estimate of drug-likeness (QED) is 0.677. The fraction of sp³-hybridized carbons (Fsp3) is 0.143. The molecular weight excluding hydrogens is 246 g/mol. The van der Waals surface area contributed by atoms with Crippen LogP contribution in [0, 0.1) is 0 Å². The summed E-state index contributed by atoms with van der Waals surface area (Å²) in [7, 11) is 0. The molecule has 0 unspecified atom stereocenters. The Morgan fingerprint density at radius 3 is 2.33 bits per heavy atom. The minimum Gasteiger partial charge on any atom is -0.380 e. The predicted molar refractivity (Wildman–Crippen MR) is 71.8 cm³/mol. The van der Waals surface area contributed by atoms with Crippen LogP contribution in [0.4, 0.5) is 0 Å². The van der Waals surface area contributed by atoms with E-state index in [4.69, 9.17) is 0 Å². The molecule has 92 valence electrons. The van der Waals surface area contributed by atoms with Crippen LogP contribution in [-0.4, -0.2) is 22.1 Å². The highest BCUT2D eigenvalue weighted by atomic mass is 32.2. The molecule has 18 heavy (non-hydrogen) atoms. The van der Waals surface area contributed by atoms with Gasteiger partial charge in [0.25, 0.3) is 0 Å². The number of aliphatic hydroxyl groups excluding tert-OH is 1. The van der Waals surface area contributed by atoms with E-state index in [-0.39, 0.29) is 5.78 Å². The maximum atomic E-state index is 12.1. The fourth-order valence-corrected chi connectivity index (χ4v) is 2.02. The Morgan fingerprint density at radius 1 is 1.17 bits per heavy atom. The molecule has 2 aromatic rings. The van der Waals surface area contributed by atoms with Crippen LogP contribution in [0.5, 0.6) is 0 Å². The summed E-state index contributed by atoms with van der Waals surface area (Å²) in [6.45, 7) is 0. The van der Waals surface area contributed by atoms with Crippen molar-refractivity contribution in [1.29, 1.82) is 0 Å². The maximum Gasteiger partial charge on any atom is 0.195 e. The molecule has 0 aliphatic rings. The number of aliphatic hydroxyl groups is 1. The second kappa shape index (κ2) is 5.80. The van der Waals surface area contributed by atoms with Crippen LogP contribution >= 0.6 is 11.8 Å². The van der Waals surface area contributed by atoms with Gasteiger partial charge in [0.05, 0.1) is 0 Å². The van der Waals surface area contributed by atoms with Gasteiger partial charge in [-0.2, -0.15) is 0 Å². The van der Waals surface area contributed by atoms with Crippen LogP contribution < -0.4 is 0 Å². The number of thioether (sulfide) groups is 1. The second-order valence-electron chi connectivity index (χ2n) is 3.78. The molecule has 0 radical (unpaired) electrons. The first-order valence-electron chi connectivity index (χ1n) is 5.48. The van der Waals surface area contributed by atoms with Gasteiger partial charge in [-0.15, -0.1) is 11.8 Å². The van der Waals surface area contributed by atoms with Crippen molar-refractivity contribution < 1.29 is 9.90 Å². The van der Waals surface area contributed by atoms with Crippen molar-refractivity contribution >= 4 is 17.5 Å². The van der Waals surface area contributed by atoms with Gasteiger partial charge in [0.1, 0.15) is 6.10 Å². The second-order valence-corrected chi connectivity index (χ2v) is 4.66. The van der Waals surface area contributed by atoms with Gasteiger partial charge in [0, 0.05) is 22.9 Å². The first-order chi connectivity index (χ1) is 8.72. The lowest BCUT2D eigenvalue weighted by molar-refractivity contribution is 0.0747. The van der Waals surface area contributed by atoms with E-state index in [2.05, 4.69) is 4.98 Å². The average molecular weight is 259 g/mol. The highest BCUT2D eigenvalue weighted by molar-refractivity contribution is 7.98. The van der Waals surface area contributed by atoms with Crippen LogP contribution in [0.3, 0.4) is 0 Å². The van der Waals surface area contributed by atoms with Crippen molar-refractivity contribution in [3.05, 3.63) is 59.9 Å². The van der Waals surface area contributed by atoms with Crippen LogP contribution in [0.15, 0.2) is 53.7 Å². The van der Waals surface area contributed by atoms with E-state index in [1.54, 1.807) is 48.4 Å². The van der Waals surface area contributed by atoms with Crippen molar-refractivity contribution in [1.82, 2.24) is 4.98 Å². The van der Waals surface area contributed by atoms with Gasteiger partial charge in [-0.05, 0) is 36.1 Å². The number of hydrogen-bond donors (Lipinski definition) is 1. The zero-order valence-electron chi connectivity index (χ0n) is 9.91. The number of benzene rings is 1. The normalized spacial score (nSPS) is 12.1. The fourth-order valence-electron chi connectivity index (χ4n) is 1.61. The van der Waals surface area contributed by atoms with E-state index >= 15 is 0 Å². The summed E-state index contributed by atoms with van der Waals surface area (Å²) in [4.78, 5) is 17.0. The van der Waals surface area contributed by atoms with Crippen molar-refractivity contribution in [3.63, 3.8) is 0 Å². The van der Waals surface area contributed by atoms with E-state index in [0.717, 1.165) is 4.90 Å². The molecule has 3 nitrogen and oxygen atoms in total. The zero-order chi connectivity index (χ0) is 13.0. The van der Waals surface area contributed by atoms with E-state index in [1.165, 1.54) is 0 Å². The zero-order valence-corrected chi connectivity index (χ0v) is 10.7. The SMILES string of the molecule is CSc1ccc(C(=O)[C@H](O)c2ccncc2)cc1. The van der Waals surface area contributed by atoms with Crippen LogP contribution in [0.25, 0.3) is 0 Å². The Balaban J connectivity index is 2.20. The molecule has 1 heterocycles. The molecule has 0 saturated carbocycles. The third-order valence-electron chi connectivity index (χ3n) is 2.64. The number of rotatable bonds is 4. The van der Waals surface area contributed by atoms with Gasteiger partial charge in [0.2, 0.25) is 0 Å². The Morgan fingerprint density at radius 2 is 1.78 bits per heavy atom. The van der Waals surface area contributed by atoms with E-state index in [9.17, 15) is 9.90 Å². The van der Waals surface area contributed by atoms with Gasteiger partial charge in [-0.3, -0.25) is 9.78 Å². The topological polar surface area (TPSA) is 50.2 Å². The number of nitrogens with zero attached hydrogens (tertiary/aromatic N) is 1. The first-order valence-corrected chi connectivity index (χ1v) is 6.71. The molecule has 0 fully saturated rings. The average Bonchev–Trinajstić information content (AvgIpc) is 2.47. The summed E-state index contributed by atoms with van der Waals surface area (Å²) in [5.74, 6) is -0.297. The molecule has 0 saturated heterocycles. The molecule has 0 aliphatic heterocycles. The van der Waals surface area contributed by atoms with Gasteiger partial charge >= 0.3 is 0 Å². The largest absolute Gasteiger partial charge is 0.380 e. The molecule has 0 spiro atoms. The molecule has 1 aromatic heterocycles. The van der Waals surface area contributed by atoms with Crippen LogP contribution in [-0.2, 0) is 0 Å². The predicted octanol–water partition coefficient (Wildman–Crippen LogP) is 2.72. The molecule has 0 amide bonds. The minimum atomic E-state index is -1.13. The standard InChI is InChI=1S/C14H13NO2S/c1-18-12-4-2-10(3-5-12)13(16)14(17)11-6-8-15-9-7-11/h2-9,14,17H,1H3/t14-/m1/s1. The van der Waals surface area contributed by atoms with Crippen molar-refractivity contribution in [2.45, 2.75) is 11.0 Å². The third kappa shape index (κ3) is 2.78. The number of hydrogen-bond acceptors (Lipinski definition) is 4. The molecule has 1 atom stereocenters. The van der Waals surface area contributed by atoms with Crippen molar-refractivity contribution in [2.75, 3.05) is 6.26 Å². The monoisotopic (exact) mass is 259 g/mol. The molecular formula is C14H13NO2S. The van der Waals surface area contributed by atoms with Gasteiger partial charge in [-0.25, -0.2) is 0 Å². The Labute approximate surface area is 110 Å². The summed E-state index contributed by atoms with van der Waals surface area (Å²) in [6.07, 6.45) is 3.96. The smallest absolute Gasteiger partial charge is 0.195 e. The van der Waals surface area contributed by atoms with Crippen molar-refractivity contribution in [3.8, 4) is 0 Å². The lowest BCUT2D eigenvalue weighted by atomic mass is 10.0. The van der Waals surface area contributed by atoms with Gasteiger partial charge in [-0.1, -0.05) is 12.1 Å². The Kier molecular flexibility index (Phi) is 4.12. The highest BCUT2D eigenvalue weighted by Crippen LogP contribution is 2.20. The van der Waals surface area contributed by atoms with Crippen LogP contribution in [0.2, 0.25) is 0 Å².